The van der Waals surface area contributed by atoms with E-state index in [2.05, 4.69) is 0 Å². The van der Waals surface area contributed by atoms with E-state index in [4.69, 9.17) is 0 Å². The van der Waals surface area contributed by atoms with Crippen molar-refractivity contribution < 1.29 is 13.2 Å². The topological polar surface area (TPSA) is 51.2 Å². The Labute approximate surface area is 61.4 Å². The van der Waals surface area contributed by atoms with Gasteiger partial charge in [0, 0.05) is 6.26 Å². The molecule has 0 spiro atoms. The molecule has 0 heterocycles. The van der Waals surface area contributed by atoms with Crippen LogP contribution < -0.4 is 0 Å². The van der Waals surface area contributed by atoms with Gasteiger partial charge in [-0.25, -0.2) is 8.42 Å². The molecule has 0 amide bonds. The zero-order valence-electron chi connectivity index (χ0n) is 6.42. The van der Waals surface area contributed by atoms with Crippen LogP contribution in [0, 0.1) is 0 Å². The molecule has 0 fully saturated rings. The lowest BCUT2D eigenvalue weighted by Crippen LogP contribution is -2.26. The molecule has 0 aliphatic carbocycles. The first-order chi connectivity index (χ1) is 4.39. The molecule has 4 heteroatoms. The monoisotopic (exact) mass is 164 g/mol. The van der Waals surface area contributed by atoms with Crippen molar-refractivity contribution in [1.29, 1.82) is 0 Å². The average molecular weight is 164 g/mol. The van der Waals surface area contributed by atoms with E-state index in [-0.39, 0.29) is 5.78 Å². The van der Waals surface area contributed by atoms with Crippen LogP contribution in [-0.2, 0) is 14.6 Å². The van der Waals surface area contributed by atoms with E-state index in [1.165, 1.54) is 6.92 Å². The zero-order chi connectivity index (χ0) is 8.36. The van der Waals surface area contributed by atoms with Gasteiger partial charge in [0.15, 0.2) is 9.84 Å². The predicted molar refractivity (Wildman–Crippen MR) is 39.6 cm³/mol. The van der Waals surface area contributed by atoms with Crippen LogP contribution in [0.25, 0.3) is 0 Å². The molecule has 0 aromatic heterocycles. The van der Waals surface area contributed by atoms with E-state index >= 15 is 0 Å². The van der Waals surface area contributed by atoms with E-state index in [9.17, 15) is 13.2 Å². The Hall–Kier alpha value is -0.380. The summed E-state index contributed by atoms with van der Waals surface area (Å²) in [5, 5.41) is -0.799. The summed E-state index contributed by atoms with van der Waals surface area (Å²) in [5.74, 6) is -0.273. The van der Waals surface area contributed by atoms with Crippen molar-refractivity contribution in [3.8, 4) is 0 Å². The third-order valence-electron chi connectivity index (χ3n) is 1.34. The van der Waals surface area contributed by atoms with Gasteiger partial charge in [0.2, 0.25) is 0 Å². The summed E-state index contributed by atoms with van der Waals surface area (Å²) in [7, 11) is -3.16. The van der Waals surface area contributed by atoms with Crippen LogP contribution in [-0.4, -0.2) is 25.7 Å². The Morgan fingerprint density at radius 3 is 1.90 bits per heavy atom. The first-order valence-electron chi connectivity index (χ1n) is 3.09. The van der Waals surface area contributed by atoms with Gasteiger partial charge in [-0.2, -0.15) is 0 Å². The summed E-state index contributed by atoms with van der Waals surface area (Å²) in [6, 6.07) is 0. The second-order valence-corrected chi connectivity index (χ2v) is 4.57. The first kappa shape index (κ1) is 9.62. The smallest absolute Gasteiger partial charge is 0.157 e. The second-order valence-electron chi connectivity index (χ2n) is 2.34. The van der Waals surface area contributed by atoms with E-state index in [0.717, 1.165) is 6.26 Å². The molecule has 0 unspecified atom stereocenters. The standard InChI is InChI=1S/C6H12O3S/c1-4-6(5(2)7)10(3,8)9/h6H,4H2,1-3H3/t6-/m0/s1. The molecular weight excluding hydrogens is 152 g/mol. The Morgan fingerprint density at radius 1 is 1.50 bits per heavy atom. The number of carbonyl (C=O) groups excluding carboxylic acids is 1. The number of rotatable bonds is 3. The van der Waals surface area contributed by atoms with Crippen molar-refractivity contribution in [3.05, 3.63) is 0 Å². The van der Waals surface area contributed by atoms with Crippen molar-refractivity contribution >= 4 is 15.6 Å². The minimum Gasteiger partial charge on any atom is -0.299 e. The number of hydrogen-bond donors (Lipinski definition) is 0. The summed E-state index contributed by atoms with van der Waals surface area (Å²) >= 11 is 0. The molecule has 0 rings (SSSR count). The van der Waals surface area contributed by atoms with Crippen LogP contribution in [0.1, 0.15) is 20.3 Å². The van der Waals surface area contributed by atoms with Crippen LogP contribution in [0.15, 0.2) is 0 Å². The lowest BCUT2D eigenvalue weighted by molar-refractivity contribution is -0.116. The highest BCUT2D eigenvalue weighted by Crippen LogP contribution is 2.04. The summed E-state index contributed by atoms with van der Waals surface area (Å²) in [6.07, 6.45) is 1.46. The SMILES string of the molecule is CC[C@@H](C(C)=O)S(C)(=O)=O. The quantitative estimate of drug-likeness (QED) is 0.606. The first-order valence-corrected chi connectivity index (χ1v) is 5.04. The van der Waals surface area contributed by atoms with Crippen molar-refractivity contribution in [3.63, 3.8) is 0 Å². The number of carbonyl (C=O) groups is 1. The molecule has 3 nitrogen and oxygen atoms in total. The van der Waals surface area contributed by atoms with Gasteiger partial charge in [-0.1, -0.05) is 6.92 Å². The van der Waals surface area contributed by atoms with E-state index in [1.54, 1.807) is 6.92 Å². The largest absolute Gasteiger partial charge is 0.299 e. The maximum atomic E-state index is 10.8. The molecule has 0 radical (unpaired) electrons. The van der Waals surface area contributed by atoms with Crippen LogP contribution >= 0.6 is 0 Å². The lowest BCUT2D eigenvalue weighted by Gasteiger charge is -2.06. The Balaban J connectivity index is 4.55. The summed E-state index contributed by atoms with van der Waals surface area (Å²) in [6.45, 7) is 2.99. The third kappa shape index (κ3) is 2.47. The maximum absolute atomic E-state index is 10.8. The van der Waals surface area contributed by atoms with Gasteiger partial charge in [0.25, 0.3) is 0 Å². The number of ketones is 1. The zero-order valence-corrected chi connectivity index (χ0v) is 7.23. The van der Waals surface area contributed by atoms with E-state index in [0.29, 0.717) is 6.42 Å². The van der Waals surface area contributed by atoms with E-state index in [1.807, 2.05) is 0 Å². The molecule has 0 aliphatic heterocycles. The van der Waals surface area contributed by atoms with Crippen LogP contribution in [0.5, 0.6) is 0 Å². The maximum Gasteiger partial charge on any atom is 0.157 e. The fraction of sp³-hybridized carbons (Fsp3) is 0.833. The third-order valence-corrected chi connectivity index (χ3v) is 3.04. The van der Waals surface area contributed by atoms with E-state index < -0.39 is 15.1 Å². The molecule has 0 aromatic carbocycles. The molecule has 0 saturated carbocycles. The Kier molecular flexibility index (Phi) is 3.02. The molecule has 0 aromatic rings. The van der Waals surface area contributed by atoms with Gasteiger partial charge in [0.1, 0.15) is 11.0 Å². The van der Waals surface area contributed by atoms with Gasteiger partial charge >= 0.3 is 0 Å². The molecule has 0 saturated heterocycles. The molecular formula is C6H12O3S. The van der Waals surface area contributed by atoms with Crippen LogP contribution in [0.3, 0.4) is 0 Å². The molecule has 0 bridgehead atoms. The van der Waals surface area contributed by atoms with Crippen molar-refractivity contribution in [1.82, 2.24) is 0 Å². The predicted octanol–water partition coefficient (Wildman–Crippen LogP) is 0.399. The highest BCUT2D eigenvalue weighted by Gasteiger charge is 2.22. The normalized spacial score (nSPS) is 14.7. The summed E-state index contributed by atoms with van der Waals surface area (Å²) in [5.41, 5.74) is 0. The van der Waals surface area contributed by atoms with Gasteiger partial charge in [0.05, 0.1) is 0 Å². The Bertz CT molecular complexity index is 215. The van der Waals surface area contributed by atoms with Gasteiger partial charge < -0.3 is 0 Å². The number of sulfone groups is 1. The molecule has 60 valence electrons. The highest BCUT2D eigenvalue weighted by atomic mass is 32.2. The number of hydrogen-bond acceptors (Lipinski definition) is 3. The van der Waals surface area contributed by atoms with Crippen molar-refractivity contribution in [2.75, 3.05) is 6.26 Å². The van der Waals surface area contributed by atoms with Crippen LogP contribution in [0.4, 0.5) is 0 Å². The fourth-order valence-corrected chi connectivity index (χ4v) is 2.10. The van der Waals surface area contributed by atoms with Gasteiger partial charge in [-0.05, 0) is 13.3 Å². The average Bonchev–Trinajstić information content (AvgIpc) is 1.60. The molecule has 0 aliphatic rings. The van der Waals surface area contributed by atoms with Crippen molar-refractivity contribution in [2.45, 2.75) is 25.5 Å². The number of Topliss-reactive ketones (excluding diaryl/α,β-unsaturated/α-hetero) is 1. The summed E-state index contributed by atoms with van der Waals surface area (Å²) < 4.78 is 21.6. The van der Waals surface area contributed by atoms with Gasteiger partial charge in [-0.3, -0.25) is 4.79 Å². The van der Waals surface area contributed by atoms with Crippen molar-refractivity contribution in [2.24, 2.45) is 0 Å². The minimum atomic E-state index is -3.16. The minimum absolute atomic E-state index is 0.273. The van der Waals surface area contributed by atoms with Gasteiger partial charge in [-0.15, -0.1) is 0 Å². The lowest BCUT2D eigenvalue weighted by atomic mass is 10.2. The summed E-state index contributed by atoms with van der Waals surface area (Å²) in [4.78, 5) is 10.6. The molecule has 1 atom stereocenters. The molecule has 10 heavy (non-hydrogen) atoms. The Morgan fingerprint density at radius 2 is 1.90 bits per heavy atom. The highest BCUT2D eigenvalue weighted by molar-refractivity contribution is 7.92. The molecule has 0 N–H and O–H groups in total. The second kappa shape index (κ2) is 3.14. The van der Waals surface area contributed by atoms with Crippen LogP contribution in [0.2, 0.25) is 0 Å². The fourth-order valence-electron chi connectivity index (χ4n) is 0.892.